The van der Waals surface area contributed by atoms with E-state index in [9.17, 15) is 9.90 Å². The van der Waals surface area contributed by atoms with Crippen LogP contribution >= 0.6 is 11.6 Å². The van der Waals surface area contributed by atoms with Gasteiger partial charge < -0.3 is 14.8 Å². The molecule has 0 aliphatic heterocycles. The molecular formula is C32H37ClN4O3. The van der Waals surface area contributed by atoms with E-state index in [0.29, 0.717) is 35.0 Å². The van der Waals surface area contributed by atoms with Crippen molar-refractivity contribution in [1.82, 2.24) is 20.4 Å². The molecule has 7 nitrogen and oxygen atoms in total. The molecule has 1 amide bonds. The Balaban J connectivity index is 1.55. The van der Waals surface area contributed by atoms with Crippen molar-refractivity contribution in [3.63, 3.8) is 0 Å². The highest BCUT2D eigenvalue weighted by atomic mass is 35.5. The van der Waals surface area contributed by atoms with Crippen molar-refractivity contribution in [3.8, 4) is 22.8 Å². The molecule has 0 spiro atoms. The van der Waals surface area contributed by atoms with Crippen LogP contribution < -0.4 is 10.2 Å². The molecule has 4 rings (SSSR count). The Labute approximate surface area is 241 Å². The Morgan fingerprint density at radius 2 is 1.77 bits per heavy atom. The zero-order chi connectivity index (χ0) is 29.0. The largest absolute Gasteiger partial charge is 0.508 e. The highest BCUT2D eigenvalue weighted by molar-refractivity contribution is 6.32. The van der Waals surface area contributed by atoms with Crippen LogP contribution in [0.15, 0.2) is 66.7 Å². The number of phenols is 1. The zero-order valence-corrected chi connectivity index (χ0v) is 24.6. The number of carbonyl (C=O) groups excluding carboxylic acids is 1. The number of nitrogens with zero attached hydrogens (tertiary/aromatic N) is 2. The topological polar surface area (TPSA) is 90.5 Å². The molecule has 0 saturated carbocycles. The smallest absolute Gasteiger partial charge is 0.265 e. The maximum atomic E-state index is 13.2. The Hall–Kier alpha value is -3.81. The molecule has 0 fully saturated rings. The van der Waals surface area contributed by atoms with E-state index in [1.54, 1.807) is 35.3 Å². The van der Waals surface area contributed by atoms with Gasteiger partial charge in [0.15, 0.2) is 0 Å². The Bertz CT molecular complexity index is 1470. The minimum atomic E-state index is -0.313. The second-order valence-electron chi connectivity index (χ2n) is 11.2. The van der Waals surface area contributed by atoms with E-state index in [1.807, 2.05) is 57.2 Å². The van der Waals surface area contributed by atoms with Gasteiger partial charge in [-0.25, -0.2) is 9.99 Å². The minimum absolute atomic E-state index is 0.0323. The van der Waals surface area contributed by atoms with Crippen LogP contribution in [-0.2, 0) is 18.5 Å². The lowest BCUT2D eigenvalue weighted by atomic mass is 9.96. The number of hydrogen-bond acceptors (Lipinski definition) is 5. The van der Waals surface area contributed by atoms with Crippen molar-refractivity contribution in [3.05, 3.63) is 100.0 Å². The Morgan fingerprint density at radius 3 is 2.38 bits per heavy atom. The highest BCUT2D eigenvalue weighted by Crippen LogP contribution is 2.28. The molecule has 0 saturated heterocycles. The number of H-pyrrole nitrogens is 1. The summed E-state index contributed by atoms with van der Waals surface area (Å²) in [6, 6.07) is 20.2. The van der Waals surface area contributed by atoms with Crippen molar-refractivity contribution in [2.45, 2.75) is 66.2 Å². The van der Waals surface area contributed by atoms with E-state index >= 15 is 0 Å². The fourth-order valence-corrected chi connectivity index (χ4v) is 4.50. The van der Waals surface area contributed by atoms with Crippen molar-refractivity contribution >= 4 is 17.5 Å². The quantitative estimate of drug-likeness (QED) is 0.189. The summed E-state index contributed by atoms with van der Waals surface area (Å²) in [5, 5.41) is 12.5. The van der Waals surface area contributed by atoms with Crippen molar-refractivity contribution in [2.75, 3.05) is 0 Å². The summed E-state index contributed by atoms with van der Waals surface area (Å²) in [6.45, 7) is 13.0. The number of halogens is 1. The molecule has 0 atom stereocenters. The van der Waals surface area contributed by atoms with Crippen LogP contribution in [-0.4, -0.2) is 32.1 Å². The number of aromatic hydroxyl groups is 1. The molecule has 210 valence electrons. The maximum absolute atomic E-state index is 13.2. The lowest BCUT2D eigenvalue weighted by molar-refractivity contribution is 0.0757. The summed E-state index contributed by atoms with van der Waals surface area (Å²) in [4.78, 5) is 21.5. The van der Waals surface area contributed by atoms with Gasteiger partial charge in [-0.15, -0.1) is 0 Å². The average Bonchev–Trinajstić information content (AvgIpc) is 3.29. The molecule has 3 N–H and O–H groups in total. The second-order valence-corrected chi connectivity index (χ2v) is 11.7. The van der Waals surface area contributed by atoms with Crippen LogP contribution in [0.2, 0.25) is 5.02 Å². The summed E-state index contributed by atoms with van der Waals surface area (Å²) in [6.07, 6.45) is -0.0323. The number of amides is 1. The summed E-state index contributed by atoms with van der Waals surface area (Å²) in [7, 11) is 0. The molecule has 0 unspecified atom stereocenters. The molecule has 0 radical (unpaired) electrons. The molecule has 1 heterocycles. The first-order valence-electron chi connectivity index (χ1n) is 13.4. The van der Waals surface area contributed by atoms with Gasteiger partial charge in [-0.2, -0.15) is 0 Å². The third-order valence-electron chi connectivity index (χ3n) is 6.37. The highest BCUT2D eigenvalue weighted by Gasteiger charge is 2.21. The summed E-state index contributed by atoms with van der Waals surface area (Å²) in [5.41, 5.74) is 7.97. The number of para-hydroxylation sites is 1. The summed E-state index contributed by atoms with van der Waals surface area (Å²) >= 11 is 6.38. The normalized spacial score (nSPS) is 11.7. The van der Waals surface area contributed by atoms with Gasteiger partial charge in [-0.1, -0.05) is 74.8 Å². The number of rotatable bonds is 9. The number of carbonyl (C=O) groups is 1. The average molecular weight is 561 g/mol. The maximum Gasteiger partial charge on any atom is 0.265 e. The van der Waals surface area contributed by atoms with E-state index in [2.05, 4.69) is 31.2 Å². The number of phenolic OH excluding ortho intramolecular Hbond substituents is 1. The third kappa shape index (κ3) is 7.23. The number of aryl methyl sites for hydroxylation is 1. The summed E-state index contributed by atoms with van der Waals surface area (Å²) < 4.78 is 5.69. The summed E-state index contributed by atoms with van der Waals surface area (Å²) in [5.74, 6) is 1.33. The fourth-order valence-electron chi connectivity index (χ4n) is 4.27. The van der Waals surface area contributed by atoms with Crippen LogP contribution in [0.25, 0.3) is 11.3 Å². The van der Waals surface area contributed by atoms with E-state index < -0.39 is 0 Å². The Kier molecular flexibility index (Phi) is 8.86. The van der Waals surface area contributed by atoms with Crippen molar-refractivity contribution < 1.29 is 14.6 Å². The fraction of sp³-hybridized carbons (Fsp3) is 0.312. The van der Waals surface area contributed by atoms with Crippen LogP contribution in [0.5, 0.6) is 11.5 Å². The monoisotopic (exact) mass is 560 g/mol. The number of imidazole rings is 1. The lowest BCUT2D eigenvalue weighted by Crippen LogP contribution is -2.41. The second kappa shape index (κ2) is 12.1. The predicted molar refractivity (Wildman–Crippen MR) is 159 cm³/mol. The van der Waals surface area contributed by atoms with Crippen LogP contribution in [0.4, 0.5) is 0 Å². The zero-order valence-electron chi connectivity index (χ0n) is 23.9. The third-order valence-corrected chi connectivity index (χ3v) is 6.66. The van der Waals surface area contributed by atoms with Gasteiger partial charge in [0.05, 0.1) is 16.8 Å². The van der Waals surface area contributed by atoms with Gasteiger partial charge in [-0.3, -0.25) is 10.2 Å². The van der Waals surface area contributed by atoms with E-state index in [-0.39, 0.29) is 23.2 Å². The van der Waals surface area contributed by atoms with Gasteiger partial charge in [-0.05, 0) is 50.6 Å². The molecular weight excluding hydrogens is 524 g/mol. The molecule has 0 aliphatic rings. The number of hydrogen-bond donors (Lipinski definition) is 3. The minimum Gasteiger partial charge on any atom is -0.508 e. The first-order valence-corrected chi connectivity index (χ1v) is 13.7. The SMILES string of the molecule is Cc1[nH]c(C(C)(C)C)nc1-c1ccc(CN(Cc2ccccc2O)NC(=O)c2ccc(OC(C)C)c(Cl)c2)cc1. The van der Waals surface area contributed by atoms with E-state index in [1.165, 1.54) is 0 Å². The number of benzene rings is 3. The molecule has 0 bridgehead atoms. The van der Waals surface area contributed by atoms with Gasteiger partial charge in [0, 0.05) is 40.9 Å². The molecule has 8 heteroatoms. The van der Waals surface area contributed by atoms with E-state index in [4.69, 9.17) is 21.3 Å². The number of ether oxygens (including phenoxy) is 1. The number of nitrogens with one attached hydrogen (secondary N) is 2. The molecule has 40 heavy (non-hydrogen) atoms. The van der Waals surface area contributed by atoms with Crippen molar-refractivity contribution in [2.24, 2.45) is 0 Å². The Morgan fingerprint density at radius 1 is 1.07 bits per heavy atom. The van der Waals surface area contributed by atoms with Gasteiger partial charge in [0.25, 0.3) is 5.91 Å². The molecule has 3 aromatic carbocycles. The van der Waals surface area contributed by atoms with Gasteiger partial charge >= 0.3 is 0 Å². The number of aromatic nitrogens is 2. The van der Waals surface area contributed by atoms with E-state index in [0.717, 1.165) is 28.3 Å². The first-order chi connectivity index (χ1) is 18.9. The molecule has 0 aliphatic carbocycles. The van der Waals surface area contributed by atoms with Crippen LogP contribution in [0, 0.1) is 6.92 Å². The standard InChI is InChI=1S/C32H37ClN4O3/c1-20(2)40-28-16-15-24(17-26(28)33)30(39)36-37(19-25-9-7-8-10-27(25)38)18-22-11-13-23(14-12-22)29-21(3)34-31(35-29)32(4,5)6/h7-17,20,38H,18-19H2,1-6H3,(H,34,35)(H,36,39). The first kappa shape index (κ1) is 29.2. The molecule has 4 aromatic rings. The van der Waals surface area contributed by atoms with Crippen LogP contribution in [0.3, 0.4) is 0 Å². The lowest BCUT2D eigenvalue weighted by Gasteiger charge is -2.24. The van der Waals surface area contributed by atoms with Gasteiger partial charge in [0.2, 0.25) is 0 Å². The van der Waals surface area contributed by atoms with Crippen molar-refractivity contribution in [1.29, 1.82) is 0 Å². The van der Waals surface area contributed by atoms with Crippen LogP contribution in [0.1, 0.15) is 67.6 Å². The van der Waals surface area contributed by atoms with Gasteiger partial charge in [0.1, 0.15) is 17.3 Å². The number of hydrazine groups is 1. The number of aromatic amines is 1. The predicted octanol–water partition coefficient (Wildman–Crippen LogP) is 7.18. The molecule has 1 aromatic heterocycles.